The number of ether oxygens (including phenoxy) is 1. The van der Waals surface area contributed by atoms with Gasteiger partial charge in [-0.25, -0.2) is 4.39 Å². The third kappa shape index (κ3) is 3.02. The highest BCUT2D eigenvalue weighted by Crippen LogP contribution is 2.33. The molecule has 0 saturated heterocycles. The molecular weight excluding hydrogens is 251 g/mol. The minimum atomic E-state index is -0.971. The van der Waals surface area contributed by atoms with Crippen LogP contribution >= 0.6 is 0 Å². The van der Waals surface area contributed by atoms with Crippen LogP contribution in [0.2, 0.25) is 0 Å². The van der Waals surface area contributed by atoms with Gasteiger partial charge in [-0.1, -0.05) is 12.1 Å². The van der Waals surface area contributed by atoms with Crippen molar-refractivity contribution in [2.24, 2.45) is 5.73 Å². The maximum atomic E-state index is 13.7. The van der Waals surface area contributed by atoms with E-state index in [9.17, 15) is 9.18 Å². The Morgan fingerprint density at radius 1 is 1.63 bits per heavy atom. The predicted molar refractivity (Wildman–Crippen MR) is 67.1 cm³/mol. The fourth-order valence-electron chi connectivity index (χ4n) is 2.08. The maximum Gasteiger partial charge on any atom is 0.239 e. The first-order valence-corrected chi connectivity index (χ1v) is 6.21. The molecule has 5 nitrogen and oxygen atoms in total. The molecule has 0 bridgehead atoms. The van der Waals surface area contributed by atoms with E-state index in [0.29, 0.717) is 25.0 Å². The SMILES string of the molecule is NC(CO)C(=O)NC1CCCOc2c(F)cccc21. The Balaban J connectivity index is 2.23. The minimum Gasteiger partial charge on any atom is -0.490 e. The molecule has 1 aromatic rings. The highest BCUT2D eigenvalue weighted by molar-refractivity contribution is 5.82. The van der Waals surface area contributed by atoms with Crippen molar-refractivity contribution in [3.63, 3.8) is 0 Å². The van der Waals surface area contributed by atoms with Gasteiger partial charge in [-0.3, -0.25) is 4.79 Å². The van der Waals surface area contributed by atoms with Gasteiger partial charge in [-0.05, 0) is 18.9 Å². The fraction of sp³-hybridized carbons (Fsp3) is 0.462. The van der Waals surface area contributed by atoms with Crippen molar-refractivity contribution in [1.29, 1.82) is 0 Å². The Hall–Kier alpha value is -1.66. The van der Waals surface area contributed by atoms with Crippen LogP contribution in [0, 0.1) is 5.82 Å². The molecule has 4 N–H and O–H groups in total. The molecule has 0 spiro atoms. The molecule has 0 saturated carbocycles. The van der Waals surface area contributed by atoms with E-state index in [4.69, 9.17) is 15.6 Å². The third-order valence-corrected chi connectivity index (χ3v) is 3.11. The van der Waals surface area contributed by atoms with Crippen molar-refractivity contribution in [3.05, 3.63) is 29.6 Å². The number of nitrogens with two attached hydrogens (primary N) is 1. The van der Waals surface area contributed by atoms with E-state index in [1.807, 2.05) is 0 Å². The number of hydrogen-bond acceptors (Lipinski definition) is 4. The van der Waals surface area contributed by atoms with Crippen molar-refractivity contribution >= 4 is 5.91 Å². The first-order chi connectivity index (χ1) is 9.13. The van der Waals surface area contributed by atoms with E-state index in [2.05, 4.69) is 5.32 Å². The second kappa shape index (κ2) is 5.99. The van der Waals surface area contributed by atoms with E-state index in [1.54, 1.807) is 12.1 Å². The average Bonchev–Trinajstić information content (AvgIpc) is 2.62. The zero-order chi connectivity index (χ0) is 13.8. The van der Waals surface area contributed by atoms with Gasteiger partial charge in [0.2, 0.25) is 5.91 Å². The topological polar surface area (TPSA) is 84.6 Å². The van der Waals surface area contributed by atoms with Crippen LogP contribution in [0.15, 0.2) is 18.2 Å². The van der Waals surface area contributed by atoms with Gasteiger partial charge in [0.15, 0.2) is 11.6 Å². The van der Waals surface area contributed by atoms with Gasteiger partial charge < -0.3 is 20.9 Å². The number of aliphatic hydroxyl groups excluding tert-OH is 1. The molecule has 1 amide bonds. The van der Waals surface area contributed by atoms with Crippen molar-refractivity contribution in [3.8, 4) is 5.75 Å². The van der Waals surface area contributed by atoms with Crippen molar-refractivity contribution in [2.45, 2.75) is 24.9 Å². The quantitative estimate of drug-likeness (QED) is 0.744. The molecule has 1 aliphatic rings. The fourth-order valence-corrected chi connectivity index (χ4v) is 2.08. The minimum absolute atomic E-state index is 0.183. The highest BCUT2D eigenvalue weighted by Gasteiger charge is 2.25. The predicted octanol–water partition coefficient (Wildman–Crippen LogP) is 0.475. The summed E-state index contributed by atoms with van der Waals surface area (Å²) in [6.07, 6.45) is 1.34. The van der Waals surface area contributed by atoms with E-state index in [-0.39, 0.29) is 11.8 Å². The number of fused-ring (bicyclic) bond motifs is 1. The Morgan fingerprint density at radius 2 is 2.42 bits per heavy atom. The molecule has 2 unspecified atom stereocenters. The normalized spacial score (nSPS) is 19.8. The largest absolute Gasteiger partial charge is 0.490 e. The first-order valence-electron chi connectivity index (χ1n) is 6.21. The summed E-state index contributed by atoms with van der Waals surface area (Å²) in [6.45, 7) is -0.0164. The Kier molecular flexibility index (Phi) is 4.34. The smallest absolute Gasteiger partial charge is 0.239 e. The summed E-state index contributed by atoms with van der Waals surface area (Å²) < 4.78 is 19.1. The standard InChI is InChI=1S/C13H17FN2O3/c14-9-4-1-3-8-11(5-2-6-19-12(8)9)16-13(18)10(15)7-17/h1,3-4,10-11,17H,2,5-7,15H2,(H,16,18). The molecule has 1 heterocycles. The number of nitrogens with one attached hydrogen (secondary N) is 1. The maximum absolute atomic E-state index is 13.7. The summed E-state index contributed by atoms with van der Waals surface area (Å²) >= 11 is 0. The van der Waals surface area contributed by atoms with Crippen LogP contribution in [0.1, 0.15) is 24.4 Å². The second-order valence-electron chi connectivity index (χ2n) is 4.50. The van der Waals surface area contributed by atoms with Gasteiger partial charge in [0, 0.05) is 5.56 Å². The average molecular weight is 268 g/mol. The summed E-state index contributed by atoms with van der Waals surface area (Å²) in [5.41, 5.74) is 6.06. The zero-order valence-corrected chi connectivity index (χ0v) is 10.4. The van der Waals surface area contributed by atoms with Crippen LogP contribution in [0.3, 0.4) is 0 Å². The molecule has 104 valence electrons. The van der Waals surface area contributed by atoms with Crippen LogP contribution in [-0.4, -0.2) is 30.3 Å². The van der Waals surface area contributed by atoms with Crippen LogP contribution in [-0.2, 0) is 4.79 Å². The third-order valence-electron chi connectivity index (χ3n) is 3.11. The van der Waals surface area contributed by atoms with Crippen LogP contribution in [0.25, 0.3) is 0 Å². The van der Waals surface area contributed by atoms with E-state index >= 15 is 0 Å². The zero-order valence-electron chi connectivity index (χ0n) is 10.4. The molecule has 0 aromatic heterocycles. The molecule has 6 heteroatoms. The molecule has 19 heavy (non-hydrogen) atoms. The number of benzene rings is 1. The Labute approximate surface area is 110 Å². The van der Waals surface area contributed by atoms with Gasteiger partial charge in [0.1, 0.15) is 6.04 Å². The highest BCUT2D eigenvalue weighted by atomic mass is 19.1. The number of aliphatic hydroxyl groups is 1. The van der Waals surface area contributed by atoms with Crippen molar-refractivity contribution < 1.29 is 19.0 Å². The van der Waals surface area contributed by atoms with Crippen LogP contribution in [0.5, 0.6) is 5.75 Å². The Morgan fingerprint density at radius 3 is 3.16 bits per heavy atom. The van der Waals surface area contributed by atoms with Gasteiger partial charge in [0.25, 0.3) is 0 Å². The lowest BCUT2D eigenvalue weighted by Crippen LogP contribution is -2.44. The molecular formula is C13H17FN2O3. The van der Waals surface area contributed by atoms with E-state index < -0.39 is 24.4 Å². The molecule has 2 rings (SSSR count). The summed E-state index contributed by atoms with van der Waals surface area (Å²) in [5, 5.41) is 11.6. The number of para-hydroxylation sites is 1. The second-order valence-corrected chi connectivity index (χ2v) is 4.50. The molecule has 0 aliphatic carbocycles. The lowest BCUT2D eigenvalue weighted by atomic mass is 10.0. The van der Waals surface area contributed by atoms with Crippen LogP contribution < -0.4 is 15.8 Å². The van der Waals surface area contributed by atoms with Crippen LogP contribution in [0.4, 0.5) is 4.39 Å². The van der Waals surface area contributed by atoms with Gasteiger partial charge in [-0.2, -0.15) is 0 Å². The van der Waals surface area contributed by atoms with Gasteiger partial charge in [0.05, 0.1) is 19.3 Å². The monoisotopic (exact) mass is 268 g/mol. The van der Waals surface area contributed by atoms with Crippen molar-refractivity contribution in [1.82, 2.24) is 5.32 Å². The van der Waals surface area contributed by atoms with Crippen molar-refractivity contribution in [2.75, 3.05) is 13.2 Å². The molecule has 0 radical (unpaired) electrons. The molecule has 1 aliphatic heterocycles. The lowest BCUT2D eigenvalue weighted by Gasteiger charge is -2.20. The molecule has 2 atom stereocenters. The molecule has 1 aromatic carbocycles. The summed E-state index contributed by atoms with van der Waals surface area (Å²) in [6, 6.07) is 3.30. The number of carbonyl (C=O) groups is 1. The number of amides is 1. The van der Waals surface area contributed by atoms with E-state index in [0.717, 1.165) is 0 Å². The molecule has 0 fully saturated rings. The van der Waals surface area contributed by atoms with E-state index in [1.165, 1.54) is 6.07 Å². The number of halogens is 1. The Bertz CT molecular complexity index is 467. The summed E-state index contributed by atoms with van der Waals surface area (Å²) in [7, 11) is 0. The van der Waals surface area contributed by atoms with Gasteiger partial charge in [-0.15, -0.1) is 0 Å². The number of hydrogen-bond donors (Lipinski definition) is 3. The summed E-state index contributed by atoms with van der Waals surface area (Å²) in [5.74, 6) is -0.711. The van der Waals surface area contributed by atoms with Gasteiger partial charge >= 0.3 is 0 Å². The first kappa shape index (κ1) is 13.8. The lowest BCUT2D eigenvalue weighted by molar-refractivity contribution is -0.123. The number of rotatable bonds is 3. The number of carbonyl (C=O) groups excluding carboxylic acids is 1. The summed E-state index contributed by atoms with van der Waals surface area (Å²) in [4.78, 5) is 11.7.